The number of hydrogen-bond donors (Lipinski definition) is 1. The third-order valence-electron chi connectivity index (χ3n) is 8.05. The predicted octanol–water partition coefficient (Wildman–Crippen LogP) is 7.20. The molecule has 0 aliphatic carbocycles. The number of aliphatic hydroxyl groups excluding tert-OH is 1. The highest BCUT2D eigenvalue weighted by Crippen LogP contribution is 2.33. The fourth-order valence-corrected chi connectivity index (χ4v) is 6.88. The van der Waals surface area contributed by atoms with Crippen LogP contribution in [0.3, 0.4) is 0 Å². The van der Waals surface area contributed by atoms with Crippen LogP contribution in [0.25, 0.3) is 27.5 Å². The summed E-state index contributed by atoms with van der Waals surface area (Å²) in [5.74, 6) is 0.0641. The standard InChI is InChI=1S/C34H38ClN3O3S/c1-5-22-9-7-10-23(6-2)31(22)38-30(17-21(3)4)27(33(40)37-16-8-11-26(37)19-39)18-28(34(38)41)32-36-29(20-42-32)24-12-14-25(35)15-13-24/h7,9-10,12-15,18,20-21,26,39H,5-6,8,11,16-17,19H2,1-4H3. The van der Waals surface area contributed by atoms with E-state index in [1.54, 1.807) is 11.0 Å². The van der Waals surface area contributed by atoms with Gasteiger partial charge < -0.3 is 10.0 Å². The summed E-state index contributed by atoms with van der Waals surface area (Å²) in [4.78, 5) is 35.7. The largest absolute Gasteiger partial charge is 0.394 e. The third-order valence-corrected chi connectivity index (χ3v) is 9.17. The first-order valence-corrected chi connectivity index (χ1v) is 16.1. The van der Waals surface area contributed by atoms with E-state index >= 15 is 0 Å². The maximum absolute atomic E-state index is 14.7. The van der Waals surface area contributed by atoms with Gasteiger partial charge >= 0.3 is 0 Å². The zero-order valence-corrected chi connectivity index (χ0v) is 26.3. The number of nitrogens with zero attached hydrogens (tertiary/aromatic N) is 3. The molecule has 1 aliphatic heterocycles. The summed E-state index contributed by atoms with van der Waals surface area (Å²) in [6.45, 7) is 8.91. The van der Waals surface area contributed by atoms with E-state index in [-0.39, 0.29) is 30.0 Å². The SMILES string of the molecule is CCc1cccc(CC)c1-n1c(CC(C)C)c(C(=O)N2CCCC2CO)cc(-c2nc(-c3ccc(Cl)cc3)cs2)c1=O. The number of pyridine rings is 1. The summed E-state index contributed by atoms with van der Waals surface area (Å²) in [6, 6.07) is 15.2. The molecule has 2 aromatic carbocycles. The van der Waals surface area contributed by atoms with E-state index in [4.69, 9.17) is 16.6 Å². The fraction of sp³-hybridized carbons (Fsp3) is 0.382. The van der Waals surface area contributed by atoms with Gasteiger partial charge in [-0.2, -0.15) is 0 Å². The predicted molar refractivity (Wildman–Crippen MR) is 172 cm³/mol. The van der Waals surface area contributed by atoms with E-state index in [2.05, 4.69) is 39.8 Å². The number of amides is 1. The molecule has 1 amide bonds. The Kier molecular flexibility index (Phi) is 9.31. The highest BCUT2D eigenvalue weighted by atomic mass is 35.5. The summed E-state index contributed by atoms with van der Waals surface area (Å²) in [5.41, 5.74) is 6.11. The minimum Gasteiger partial charge on any atom is -0.394 e. The van der Waals surface area contributed by atoms with Crippen molar-refractivity contribution in [2.24, 2.45) is 5.92 Å². The van der Waals surface area contributed by atoms with Crippen LogP contribution in [0, 0.1) is 5.92 Å². The number of carbonyl (C=O) groups excluding carboxylic acids is 1. The summed E-state index contributed by atoms with van der Waals surface area (Å²) in [6.07, 6.45) is 3.67. The van der Waals surface area contributed by atoms with Crippen molar-refractivity contribution >= 4 is 28.8 Å². The topological polar surface area (TPSA) is 75.4 Å². The van der Waals surface area contributed by atoms with Gasteiger partial charge in [0.15, 0.2) is 0 Å². The van der Waals surface area contributed by atoms with E-state index in [0.717, 1.165) is 59.4 Å². The number of carbonyl (C=O) groups is 1. The van der Waals surface area contributed by atoms with Crippen molar-refractivity contribution in [3.8, 4) is 27.5 Å². The molecule has 0 bridgehead atoms. The number of benzene rings is 2. The monoisotopic (exact) mass is 603 g/mol. The second kappa shape index (κ2) is 12.9. The summed E-state index contributed by atoms with van der Waals surface area (Å²) < 4.78 is 1.81. The van der Waals surface area contributed by atoms with Gasteiger partial charge in [-0.05, 0) is 67.3 Å². The van der Waals surface area contributed by atoms with Crippen LogP contribution in [0.4, 0.5) is 0 Å². The Morgan fingerprint density at radius 1 is 1.12 bits per heavy atom. The summed E-state index contributed by atoms with van der Waals surface area (Å²) >= 11 is 7.50. The van der Waals surface area contributed by atoms with Crippen molar-refractivity contribution < 1.29 is 9.90 Å². The Bertz CT molecular complexity index is 1620. The molecule has 1 unspecified atom stereocenters. The molecule has 5 rings (SSSR count). The highest BCUT2D eigenvalue weighted by molar-refractivity contribution is 7.13. The number of aromatic nitrogens is 2. The van der Waals surface area contributed by atoms with Crippen LogP contribution >= 0.6 is 22.9 Å². The van der Waals surface area contributed by atoms with E-state index in [1.807, 2.05) is 40.3 Å². The molecule has 3 heterocycles. The molecule has 8 heteroatoms. The Hall–Kier alpha value is -3.26. The number of aliphatic hydroxyl groups is 1. The van der Waals surface area contributed by atoms with Crippen LogP contribution in [-0.2, 0) is 19.3 Å². The lowest BCUT2D eigenvalue weighted by molar-refractivity contribution is 0.0675. The maximum atomic E-state index is 14.7. The van der Waals surface area contributed by atoms with E-state index in [1.165, 1.54) is 11.3 Å². The number of thiazole rings is 1. The number of hydrogen-bond acceptors (Lipinski definition) is 5. The molecular weight excluding hydrogens is 566 g/mol. The highest BCUT2D eigenvalue weighted by Gasteiger charge is 2.33. The van der Waals surface area contributed by atoms with Crippen molar-refractivity contribution in [2.45, 2.75) is 65.8 Å². The van der Waals surface area contributed by atoms with Crippen molar-refractivity contribution in [1.82, 2.24) is 14.5 Å². The first-order chi connectivity index (χ1) is 20.3. The summed E-state index contributed by atoms with van der Waals surface area (Å²) in [5, 5.41) is 13.2. The molecule has 1 atom stereocenters. The van der Waals surface area contributed by atoms with Crippen molar-refractivity contribution in [2.75, 3.05) is 13.2 Å². The van der Waals surface area contributed by atoms with Gasteiger partial charge in [0.05, 0.1) is 35.2 Å². The molecule has 1 saturated heterocycles. The maximum Gasteiger partial charge on any atom is 0.265 e. The Morgan fingerprint density at radius 2 is 1.81 bits per heavy atom. The van der Waals surface area contributed by atoms with Crippen LogP contribution in [0.5, 0.6) is 0 Å². The molecule has 220 valence electrons. The molecular formula is C34H38ClN3O3S. The molecule has 0 spiro atoms. The lowest BCUT2D eigenvalue weighted by Gasteiger charge is -2.27. The average molecular weight is 604 g/mol. The van der Waals surface area contributed by atoms with Gasteiger partial charge in [0, 0.05) is 28.2 Å². The molecule has 6 nitrogen and oxygen atoms in total. The van der Waals surface area contributed by atoms with Gasteiger partial charge in [-0.1, -0.05) is 69.6 Å². The van der Waals surface area contributed by atoms with Crippen molar-refractivity contribution in [1.29, 1.82) is 0 Å². The Balaban J connectivity index is 1.81. The van der Waals surface area contributed by atoms with Gasteiger partial charge in [-0.3, -0.25) is 14.2 Å². The molecule has 2 aromatic heterocycles. The number of halogens is 1. The van der Waals surface area contributed by atoms with E-state index < -0.39 is 0 Å². The smallest absolute Gasteiger partial charge is 0.265 e. The van der Waals surface area contributed by atoms with Gasteiger partial charge in [0.1, 0.15) is 5.01 Å². The van der Waals surface area contributed by atoms with Crippen molar-refractivity contribution in [3.63, 3.8) is 0 Å². The summed E-state index contributed by atoms with van der Waals surface area (Å²) in [7, 11) is 0. The number of rotatable bonds is 9. The minimum absolute atomic E-state index is 0.0761. The first-order valence-electron chi connectivity index (χ1n) is 14.8. The van der Waals surface area contributed by atoms with Gasteiger partial charge in [0.2, 0.25) is 0 Å². The Morgan fingerprint density at radius 3 is 2.43 bits per heavy atom. The van der Waals surface area contributed by atoms with Crippen LogP contribution < -0.4 is 5.56 Å². The quantitative estimate of drug-likeness (QED) is 0.219. The van der Waals surface area contributed by atoms with Crippen LogP contribution in [0.2, 0.25) is 5.02 Å². The third kappa shape index (κ3) is 5.83. The van der Waals surface area contributed by atoms with E-state index in [0.29, 0.717) is 34.1 Å². The average Bonchev–Trinajstić information content (AvgIpc) is 3.67. The molecule has 4 aromatic rings. The number of para-hydroxylation sites is 1. The van der Waals surface area contributed by atoms with Gasteiger partial charge in [-0.25, -0.2) is 4.98 Å². The molecule has 0 saturated carbocycles. The molecule has 0 radical (unpaired) electrons. The van der Waals surface area contributed by atoms with Crippen LogP contribution in [-0.4, -0.2) is 44.7 Å². The lowest BCUT2D eigenvalue weighted by Crippen LogP contribution is -2.39. The van der Waals surface area contributed by atoms with Gasteiger partial charge in [0.25, 0.3) is 11.5 Å². The zero-order chi connectivity index (χ0) is 30.0. The van der Waals surface area contributed by atoms with Crippen LogP contribution in [0.1, 0.15) is 67.7 Å². The van der Waals surface area contributed by atoms with Crippen molar-refractivity contribution in [3.05, 3.63) is 91.7 Å². The molecule has 1 N–H and O–H groups in total. The normalized spacial score (nSPS) is 15.1. The first kappa shape index (κ1) is 30.2. The van der Waals surface area contributed by atoms with E-state index in [9.17, 15) is 14.7 Å². The molecule has 42 heavy (non-hydrogen) atoms. The number of likely N-dealkylation sites (tertiary alicyclic amines) is 1. The second-order valence-electron chi connectivity index (χ2n) is 11.3. The molecule has 1 aliphatic rings. The Labute approximate surface area is 256 Å². The fourth-order valence-electron chi connectivity index (χ4n) is 5.92. The minimum atomic E-state index is -0.223. The zero-order valence-electron chi connectivity index (χ0n) is 24.7. The van der Waals surface area contributed by atoms with Gasteiger partial charge in [-0.15, -0.1) is 11.3 Å². The second-order valence-corrected chi connectivity index (χ2v) is 12.6. The number of aryl methyl sites for hydroxylation is 2. The molecule has 1 fully saturated rings. The lowest BCUT2D eigenvalue weighted by atomic mass is 9.97. The van der Waals surface area contributed by atoms with Crippen LogP contribution in [0.15, 0.2) is 58.7 Å².